The fourth-order valence-electron chi connectivity index (χ4n) is 2.28. The molecule has 1 aromatic carbocycles. The van der Waals surface area contributed by atoms with E-state index in [0.29, 0.717) is 5.92 Å². The number of tetrazole rings is 1. The van der Waals surface area contributed by atoms with Gasteiger partial charge in [-0.3, -0.25) is 0 Å². The first-order valence-electron chi connectivity index (χ1n) is 7.49. The quantitative estimate of drug-likeness (QED) is 0.665. The number of rotatable bonds is 5. The van der Waals surface area contributed by atoms with Crippen LogP contribution in [0.4, 0.5) is 0 Å². The highest BCUT2D eigenvalue weighted by Crippen LogP contribution is 2.26. The number of nitrogens with zero attached hydrogens (tertiary/aromatic N) is 5. The fraction of sp³-hybridized carbons (Fsp3) is 0.375. The third kappa shape index (κ3) is 3.29. The van der Waals surface area contributed by atoms with Crippen molar-refractivity contribution < 1.29 is 4.52 Å². The van der Waals surface area contributed by atoms with Crippen LogP contribution in [0.3, 0.4) is 0 Å². The maximum absolute atomic E-state index is 5.19. The first kappa shape index (κ1) is 15.7. The first-order chi connectivity index (χ1) is 11.1. The summed E-state index contributed by atoms with van der Waals surface area (Å²) < 4.78 is 6.95. The van der Waals surface area contributed by atoms with E-state index in [4.69, 9.17) is 4.52 Å². The van der Waals surface area contributed by atoms with E-state index in [0.717, 1.165) is 33.6 Å². The van der Waals surface area contributed by atoms with Gasteiger partial charge in [0.2, 0.25) is 5.16 Å². The molecule has 0 unspecified atom stereocenters. The molecule has 2 aromatic heterocycles. The van der Waals surface area contributed by atoms with Gasteiger partial charge in [-0.15, -0.1) is 5.10 Å². The van der Waals surface area contributed by atoms with Gasteiger partial charge in [0.1, 0.15) is 5.76 Å². The lowest BCUT2D eigenvalue weighted by atomic mass is 10.0. The van der Waals surface area contributed by atoms with E-state index in [1.54, 1.807) is 16.4 Å². The van der Waals surface area contributed by atoms with Crippen molar-refractivity contribution in [3.05, 3.63) is 46.8 Å². The van der Waals surface area contributed by atoms with E-state index in [9.17, 15) is 0 Å². The molecule has 0 bridgehead atoms. The number of aryl methyl sites for hydroxylation is 2. The highest BCUT2D eigenvalue weighted by Gasteiger charge is 2.14. The van der Waals surface area contributed by atoms with Gasteiger partial charge in [0.25, 0.3) is 0 Å². The SMILES string of the molecule is Cc1noc(C)c1CSc1nnnn1-c1ccc(C(C)C)cc1. The first-order valence-corrected chi connectivity index (χ1v) is 8.48. The number of hydrogen-bond donors (Lipinski definition) is 0. The van der Waals surface area contributed by atoms with Crippen molar-refractivity contribution >= 4 is 11.8 Å². The van der Waals surface area contributed by atoms with Crippen molar-refractivity contribution in [2.45, 2.75) is 44.5 Å². The van der Waals surface area contributed by atoms with Crippen molar-refractivity contribution in [1.29, 1.82) is 0 Å². The largest absolute Gasteiger partial charge is 0.361 e. The van der Waals surface area contributed by atoms with Gasteiger partial charge in [0.05, 0.1) is 11.4 Å². The molecule has 6 nitrogen and oxygen atoms in total. The molecule has 0 saturated heterocycles. The molecule has 3 aromatic rings. The van der Waals surface area contributed by atoms with E-state index in [-0.39, 0.29) is 0 Å². The minimum atomic E-state index is 0.506. The Morgan fingerprint density at radius 1 is 1.17 bits per heavy atom. The van der Waals surface area contributed by atoms with E-state index >= 15 is 0 Å². The Morgan fingerprint density at radius 3 is 2.52 bits per heavy atom. The molecule has 0 spiro atoms. The van der Waals surface area contributed by atoms with Gasteiger partial charge in [-0.2, -0.15) is 4.68 Å². The van der Waals surface area contributed by atoms with Crippen LogP contribution in [0, 0.1) is 13.8 Å². The second kappa shape index (κ2) is 6.54. The Bertz CT molecular complexity index is 772. The van der Waals surface area contributed by atoms with Crippen molar-refractivity contribution in [1.82, 2.24) is 25.4 Å². The van der Waals surface area contributed by atoms with E-state index in [2.05, 4.69) is 46.7 Å². The van der Waals surface area contributed by atoms with Gasteiger partial charge < -0.3 is 4.52 Å². The van der Waals surface area contributed by atoms with E-state index in [1.165, 1.54) is 5.56 Å². The van der Waals surface area contributed by atoms with Gasteiger partial charge in [-0.25, -0.2) is 0 Å². The molecule has 0 aliphatic rings. The van der Waals surface area contributed by atoms with Gasteiger partial charge >= 0.3 is 0 Å². The Balaban J connectivity index is 1.79. The molecule has 120 valence electrons. The monoisotopic (exact) mass is 329 g/mol. The minimum absolute atomic E-state index is 0.506. The van der Waals surface area contributed by atoms with Gasteiger partial charge in [0, 0.05) is 11.3 Å². The molecule has 0 aliphatic heterocycles. The number of benzene rings is 1. The molecule has 0 aliphatic carbocycles. The Hall–Kier alpha value is -2.15. The predicted molar refractivity (Wildman–Crippen MR) is 88.8 cm³/mol. The summed E-state index contributed by atoms with van der Waals surface area (Å²) in [5.41, 5.74) is 4.27. The lowest BCUT2D eigenvalue weighted by Crippen LogP contribution is -2.00. The van der Waals surface area contributed by atoms with Crippen molar-refractivity contribution in [2.24, 2.45) is 0 Å². The predicted octanol–water partition coefficient (Wildman–Crippen LogP) is 3.68. The number of aromatic nitrogens is 5. The van der Waals surface area contributed by atoms with Crippen molar-refractivity contribution in [2.75, 3.05) is 0 Å². The van der Waals surface area contributed by atoms with Gasteiger partial charge in [-0.05, 0) is 47.9 Å². The van der Waals surface area contributed by atoms with Crippen LogP contribution in [0.1, 0.15) is 42.3 Å². The molecule has 0 saturated carbocycles. The summed E-state index contributed by atoms with van der Waals surface area (Å²) in [5.74, 6) is 2.08. The fourth-order valence-corrected chi connectivity index (χ4v) is 3.32. The Morgan fingerprint density at radius 2 is 1.91 bits per heavy atom. The summed E-state index contributed by atoms with van der Waals surface area (Å²) in [6.07, 6.45) is 0. The summed E-state index contributed by atoms with van der Waals surface area (Å²) in [5, 5.41) is 16.8. The maximum atomic E-state index is 5.19. The maximum Gasteiger partial charge on any atom is 0.214 e. The lowest BCUT2D eigenvalue weighted by molar-refractivity contribution is 0.392. The van der Waals surface area contributed by atoms with Crippen LogP contribution in [0.2, 0.25) is 0 Å². The molecule has 0 amide bonds. The highest BCUT2D eigenvalue weighted by atomic mass is 32.2. The third-order valence-corrected chi connectivity index (χ3v) is 4.72. The second-order valence-corrected chi connectivity index (χ2v) is 6.65. The van der Waals surface area contributed by atoms with Crippen LogP contribution in [-0.4, -0.2) is 25.4 Å². The van der Waals surface area contributed by atoms with Crippen LogP contribution in [0.25, 0.3) is 5.69 Å². The molecule has 0 radical (unpaired) electrons. The number of thioether (sulfide) groups is 1. The molecular weight excluding hydrogens is 310 g/mol. The summed E-state index contributed by atoms with van der Waals surface area (Å²) in [4.78, 5) is 0. The third-order valence-electron chi connectivity index (χ3n) is 3.77. The average molecular weight is 329 g/mol. The normalized spacial score (nSPS) is 11.3. The summed E-state index contributed by atoms with van der Waals surface area (Å²) >= 11 is 1.57. The molecule has 3 rings (SSSR count). The van der Waals surface area contributed by atoms with E-state index < -0.39 is 0 Å². The van der Waals surface area contributed by atoms with Crippen molar-refractivity contribution in [3.63, 3.8) is 0 Å². The Kier molecular flexibility index (Phi) is 4.47. The lowest BCUT2D eigenvalue weighted by Gasteiger charge is -2.07. The zero-order valence-corrected chi connectivity index (χ0v) is 14.5. The molecule has 7 heteroatoms. The summed E-state index contributed by atoms with van der Waals surface area (Å²) in [6.45, 7) is 8.22. The second-order valence-electron chi connectivity index (χ2n) is 5.71. The van der Waals surface area contributed by atoms with Crippen LogP contribution < -0.4 is 0 Å². The standard InChI is InChI=1S/C16H19N5OS/c1-10(2)13-5-7-14(8-6-13)21-16(17-19-20-21)23-9-15-11(3)18-22-12(15)4/h5-8,10H,9H2,1-4H3. The van der Waals surface area contributed by atoms with Crippen LogP contribution in [0.15, 0.2) is 33.9 Å². The van der Waals surface area contributed by atoms with Crippen molar-refractivity contribution in [3.8, 4) is 5.69 Å². The summed E-state index contributed by atoms with van der Waals surface area (Å²) in [7, 11) is 0. The molecule has 0 atom stereocenters. The number of hydrogen-bond acceptors (Lipinski definition) is 6. The van der Waals surface area contributed by atoms with Crippen LogP contribution in [-0.2, 0) is 5.75 Å². The van der Waals surface area contributed by atoms with Gasteiger partial charge in [0.15, 0.2) is 0 Å². The topological polar surface area (TPSA) is 69.6 Å². The smallest absolute Gasteiger partial charge is 0.214 e. The average Bonchev–Trinajstić information content (AvgIpc) is 3.13. The molecule has 0 N–H and O–H groups in total. The van der Waals surface area contributed by atoms with Crippen LogP contribution >= 0.6 is 11.8 Å². The molecule has 2 heterocycles. The molecule has 23 heavy (non-hydrogen) atoms. The van der Waals surface area contributed by atoms with Crippen LogP contribution in [0.5, 0.6) is 0 Å². The highest BCUT2D eigenvalue weighted by molar-refractivity contribution is 7.98. The zero-order chi connectivity index (χ0) is 16.4. The summed E-state index contributed by atoms with van der Waals surface area (Å²) in [6, 6.07) is 8.33. The molecular formula is C16H19N5OS. The van der Waals surface area contributed by atoms with Gasteiger partial charge in [-0.1, -0.05) is 42.9 Å². The zero-order valence-electron chi connectivity index (χ0n) is 13.6. The minimum Gasteiger partial charge on any atom is -0.361 e. The Labute approximate surface area is 139 Å². The van der Waals surface area contributed by atoms with E-state index in [1.807, 2.05) is 26.0 Å². The molecule has 0 fully saturated rings.